The van der Waals surface area contributed by atoms with Crippen LogP contribution < -0.4 is 10.5 Å². The van der Waals surface area contributed by atoms with Gasteiger partial charge in [-0.15, -0.1) is 0 Å². The van der Waals surface area contributed by atoms with E-state index in [-0.39, 0.29) is 5.82 Å². The standard InChI is InChI=1S/C23H16FNO/c1-26-20-12-14-11-18(24)15-7-4-5-13-9-10-17(22(14)21(13)15)23(20)16-6-2-3-8-19(16)25/h2-12H,25H2,1H3. The lowest BCUT2D eigenvalue weighted by Crippen LogP contribution is -1.96. The molecule has 26 heavy (non-hydrogen) atoms. The molecular weight excluding hydrogens is 325 g/mol. The highest BCUT2D eigenvalue weighted by Crippen LogP contribution is 2.45. The van der Waals surface area contributed by atoms with Crippen LogP contribution >= 0.6 is 0 Å². The predicted octanol–water partition coefficient (Wildman–Crippen LogP) is 5.98. The Bertz CT molecular complexity index is 1290. The average Bonchev–Trinajstić information content (AvgIpc) is 2.67. The molecule has 5 aromatic carbocycles. The molecule has 0 atom stereocenters. The van der Waals surface area contributed by atoms with E-state index in [1.54, 1.807) is 13.2 Å². The fraction of sp³-hybridized carbons (Fsp3) is 0.0435. The van der Waals surface area contributed by atoms with E-state index in [9.17, 15) is 4.39 Å². The van der Waals surface area contributed by atoms with Gasteiger partial charge in [-0.25, -0.2) is 4.39 Å². The minimum Gasteiger partial charge on any atom is -0.496 e. The summed E-state index contributed by atoms with van der Waals surface area (Å²) < 4.78 is 20.4. The molecule has 5 rings (SSSR count). The molecule has 0 unspecified atom stereocenters. The second-order valence-electron chi connectivity index (χ2n) is 6.51. The van der Waals surface area contributed by atoms with E-state index in [1.165, 1.54) is 0 Å². The molecule has 0 heterocycles. The zero-order valence-corrected chi connectivity index (χ0v) is 14.2. The first-order valence-corrected chi connectivity index (χ1v) is 8.48. The number of rotatable bonds is 2. The van der Waals surface area contributed by atoms with Gasteiger partial charge in [-0.2, -0.15) is 0 Å². The Balaban J connectivity index is 2.06. The van der Waals surface area contributed by atoms with Crippen molar-refractivity contribution in [1.82, 2.24) is 0 Å². The molecular formula is C23H16FNO. The molecule has 0 amide bonds. The molecule has 3 heteroatoms. The van der Waals surface area contributed by atoms with E-state index in [1.807, 2.05) is 54.6 Å². The molecule has 126 valence electrons. The average molecular weight is 341 g/mol. The van der Waals surface area contributed by atoms with Gasteiger partial charge in [0.2, 0.25) is 0 Å². The van der Waals surface area contributed by atoms with Gasteiger partial charge in [-0.1, -0.05) is 48.5 Å². The third kappa shape index (κ3) is 1.91. The first-order valence-electron chi connectivity index (χ1n) is 8.48. The van der Waals surface area contributed by atoms with Crippen molar-refractivity contribution in [3.8, 4) is 16.9 Å². The third-order valence-electron chi connectivity index (χ3n) is 5.13. The summed E-state index contributed by atoms with van der Waals surface area (Å²) in [5.41, 5.74) is 8.80. The van der Waals surface area contributed by atoms with Crippen molar-refractivity contribution >= 4 is 38.0 Å². The molecule has 0 radical (unpaired) electrons. The first kappa shape index (κ1) is 15.0. The molecule has 2 N–H and O–H groups in total. The predicted molar refractivity (Wildman–Crippen MR) is 107 cm³/mol. The maximum Gasteiger partial charge on any atom is 0.131 e. The van der Waals surface area contributed by atoms with Gasteiger partial charge in [0.1, 0.15) is 11.6 Å². The fourth-order valence-electron chi connectivity index (χ4n) is 4.00. The van der Waals surface area contributed by atoms with Crippen LogP contribution in [0.2, 0.25) is 0 Å². The maximum atomic E-state index is 14.7. The van der Waals surface area contributed by atoms with Crippen molar-refractivity contribution in [3.63, 3.8) is 0 Å². The Hall–Kier alpha value is -3.33. The lowest BCUT2D eigenvalue weighted by Gasteiger charge is -2.18. The maximum absolute atomic E-state index is 14.7. The van der Waals surface area contributed by atoms with Gasteiger partial charge in [0.05, 0.1) is 7.11 Å². The van der Waals surface area contributed by atoms with Gasteiger partial charge in [0, 0.05) is 27.6 Å². The largest absolute Gasteiger partial charge is 0.496 e. The Kier molecular flexibility index (Phi) is 3.07. The zero-order chi connectivity index (χ0) is 17.8. The fourth-order valence-corrected chi connectivity index (χ4v) is 4.00. The molecule has 0 saturated carbocycles. The van der Waals surface area contributed by atoms with Crippen LogP contribution in [-0.4, -0.2) is 7.11 Å². The summed E-state index contributed by atoms with van der Waals surface area (Å²) in [7, 11) is 1.63. The van der Waals surface area contributed by atoms with E-state index in [0.717, 1.165) is 38.1 Å². The minimum atomic E-state index is -0.218. The van der Waals surface area contributed by atoms with E-state index in [0.29, 0.717) is 16.8 Å². The molecule has 0 fully saturated rings. The summed E-state index contributed by atoms with van der Waals surface area (Å²) in [6, 6.07) is 21.1. The van der Waals surface area contributed by atoms with Gasteiger partial charge < -0.3 is 10.5 Å². The monoisotopic (exact) mass is 341 g/mol. The number of methoxy groups -OCH3 is 1. The Labute approximate surface area is 149 Å². The van der Waals surface area contributed by atoms with Crippen molar-refractivity contribution in [2.24, 2.45) is 0 Å². The molecule has 0 bridgehead atoms. The number of hydrogen-bond acceptors (Lipinski definition) is 2. The Morgan fingerprint density at radius 2 is 1.62 bits per heavy atom. The summed E-state index contributed by atoms with van der Waals surface area (Å²) in [6.45, 7) is 0. The Morgan fingerprint density at radius 1 is 0.808 bits per heavy atom. The number of hydrogen-bond donors (Lipinski definition) is 1. The molecule has 0 aliphatic heterocycles. The van der Waals surface area contributed by atoms with Crippen LogP contribution in [0.25, 0.3) is 43.4 Å². The van der Waals surface area contributed by atoms with Crippen LogP contribution in [0, 0.1) is 5.82 Å². The van der Waals surface area contributed by atoms with Crippen molar-refractivity contribution < 1.29 is 9.13 Å². The normalized spacial score (nSPS) is 11.6. The van der Waals surface area contributed by atoms with Gasteiger partial charge >= 0.3 is 0 Å². The molecule has 0 aromatic heterocycles. The number of nitrogen functional groups attached to an aromatic ring is 1. The second-order valence-corrected chi connectivity index (χ2v) is 6.51. The summed E-state index contributed by atoms with van der Waals surface area (Å²) in [5.74, 6) is 0.470. The van der Waals surface area contributed by atoms with E-state index < -0.39 is 0 Å². The summed E-state index contributed by atoms with van der Waals surface area (Å²) in [4.78, 5) is 0. The molecule has 0 aliphatic carbocycles. The van der Waals surface area contributed by atoms with E-state index in [4.69, 9.17) is 10.5 Å². The van der Waals surface area contributed by atoms with Gasteiger partial charge in [0.15, 0.2) is 0 Å². The number of ether oxygens (including phenoxy) is 1. The summed E-state index contributed by atoms with van der Waals surface area (Å²) in [6.07, 6.45) is 0. The topological polar surface area (TPSA) is 35.2 Å². The number of nitrogens with two attached hydrogens (primary N) is 1. The number of anilines is 1. The van der Waals surface area contributed by atoms with E-state index >= 15 is 0 Å². The van der Waals surface area contributed by atoms with Crippen LogP contribution in [0.1, 0.15) is 0 Å². The van der Waals surface area contributed by atoms with Crippen LogP contribution in [0.3, 0.4) is 0 Å². The van der Waals surface area contributed by atoms with Crippen molar-refractivity contribution in [2.45, 2.75) is 0 Å². The van der Waals surface area contributed by atoms with Crippen LogP contribution in [0.5, 0.6) is 5.75 Å². The molecule has 0 spiro atoms. The third-order valence-corrected chi connectivity index (χ3v) is 5.13. The summed E-state index contributed by atoms with van der Waals surface area (Å²) >= 11 is 0. The minimum absolute atomic E-state index is 0.218. The quantitative estimate of drug-likeness (QED) is 0.316. The Morgan fingerprint density at radius 3 is 2.42 bits per heavy atom. The van der Waals surface area contributed by atoms with Gasteiger partial charge in [-0.05, 0) is 39.7 Å². The zero-order valence-electron chi connectivity index (χ0n) is 14.2. The summed E-state index contributed by atoms with van der Waals surface area (Å²) in [5, 5.41) is 5.49. The number of para-hydroxylation sites is 1. The highest BCUT2D eigenvalue weighted by Gasteiger charge is 2.19. The highest BCUT2D eigenvalue weighted by atomic mass is 19.1. The SMILES string of the molecule is COc1cc2cc(F)c3cccc4ccc(c1-c1ccccc1N)c2c43. The van der Waals surface area contributed by atoms with Gasteiger partial charge in [-0.3, -0.25) is 0 Å². The van der Waals surface area contributed by atoms with Crippen LogP contribution in [0.4, 0.5) is 10.1 Å². The second kappa shape index (κ2) is 5.33. The lowest BCUT2D eigenvalue weighted by atomic mass is 9.88. The van der Waals surface area contributed by atoms with Crippen molar-refractivity contribution in [1.29, 1.82) is 0 Å². The molecule has 2 nitrogen and oxygen atoms in total. The van der Waals surface area contributed by atoms with Crippen LogP contribution in [0.15, 0.2) is 66.7 Å². The smallest absolute Gasteiger partial charge is 0.131 e. The van der Waals surface area contributed by atoms with Gasteiger partial charge in [0.25, 0.3) is 0 Å². The molecule has 5 aromatic rings. The van der Waals surface area contributed by atoms with Crippen molar-refractivity contribution in [3.05, 3.63) is 72.5 Å². The highest BCUT2D eigenvalue weighted by molar-refractivity contribution is 6.26. The lowest BCUT2D eigenvalue weighted by molar-refractivity contribution is 0.417. The number of halogens is 1. The van der Waals surface area contributed by atoms with E-state index in [2.05, 4.69) is 6.07 Å². The van der Waals surface area contributed by atoms with Crippen molar-refractivity contribution in [2.75, 3.05) is 12.8 Å². The molecule has 0 saturated heterocycles. The first-order chi connectivity index (χ1) is 12.7. The molecule has 0 aliphatic rings. The van der Waals surface area contributed by atoms with Crippen LogP contribution in [-0.2, 0) is 0 Å². The number of benzene rings is 5.